The van der Waals surface area contributed by atoms with E-state index in [-0.39, 0.29) is 11.8 Å². The molecule has 2 amide bonds. The first kappa shape index (κ1) is 16.6. The van der Waals surface area contributed by atoms with E-state index in [2.05, 4.69) is 4.90 Å². The number of rotatable bonds is 4. The Hall–Kier alpha value is -2.86. The van der Waals surface area contributed by atoms with Gasteiger partial charge in [0.15, 0.2) is 11.5 Å². The maximum absolute atomic E-state index is 12.6. The molecule has 0 radical (unpaired) electrons. The molecule has 0 aliphatic carbocycles. The molecular weight excluding hydrogens is 332 g/mol. The number of benzene rings is 2. The molecule has 0 atom stereocenters. The van der Waals surface area contributed by atoms with Gasteiger partial charge in [0.25, 0.3) is 11.8 Å². The van der Waals surface area contributed by atoms with Gasteiger partial charge in [0, 0.05) is 13.1 Å². The maximum atomic E-state index is 12.6. The molecule has 0 bridgehead atoms. The molecule has 6 nitrogen and oxygen atoms in total. The maximum Gasteiger partial charge on any atom is 0.262 e. The third kappa shape index (κ3) is 2.63. The second kappa shape index (κ2) is 6.46. The number of amides is 2. The minimum absolute atomic E-state index is 0.219. The molecule has 2 aliphatic heterocycles. The molecule has 26 heavy (non-hydrogen) atoms. The Morgan fingerprint density at radius 3 is 2.08 bits per heavy atom. The van der Waals surface area contributed by atoms with Crippen LogP contribution in [-0.2, 0) is 13.0 Å². The predicted octanol–water partition coefficient (Wildman–Crippen LogP) is 2.32. The van der Waals surface area contributed by atoms with E-state index in [4.69, 9.17) is 9.47 Å². The summed E-state index contributed by atoms with van der Waals surface area (Å²) in [5, 5.41) is 0. The lowest BCUT2D eigenvalue weighted by atomic mass is 9.99. The fourth-order valence-corrected chi connectivity index (χ4v) is 3.63. The molecule has 2 heterocycles. The highest BCUT2D eigenvalue weighted by Gasteiger charge is 2.36. The lowest BCUT2D eigenvalue weighted by Gasteiger charge is -2.31. The summed E-state index contributed by atoms with van der Waals surface area (Å²) in [6.45, 7) is 1.72. The molecule has 0 spiro atoms. The van der Waals surface area contributed by atoms with Gasteiger partial charge in [-0.25, -0.2) is 0 Å². The summed E-state index contributed by atoms with van der Waals surface area (Å²) in [6.07, 6.45) is 0.832. The summed E-state index contributed by atoms with van der Waals surface area (Å²) >= 11 is 0. The number of imide groups is 1. The van der Waals surface area contributed by atoms with Crippen molar-refractivity contribution in [1.82, 2.24) is 9.80 Å². The summed E-state index contributed by atoms with van der Waals surface area (Å²) in [4.78, 5) is 28.5. The normalized spacial score (nSPS) is 16.5. The van der Waals surface area contributed by atoms with Crippen LogP contribution in [0.5, 0.6) is 11.5 Å². The van der Waals surface area contributed by atoms with Crippen LogP contribution in [0, 0.1) is 0 Å². The Balaban J connectivity index is 1.54. The zero-order valence-corrected chi connectivity index (χ0v) is 14.8. The van der Waals surface area contributed by atoms with Gasteiger partial charge in [0.1, 0.15) is 0 Å². The molecule has 0 fully saturated rings. The first-order valence-corrected chi connectivity index (χ1v) is 8.53. The summed E-state index contributed by atoms with van der Waals surface area (Å²) in [6, 6.07) is 11.0. The van der Waals surface area contributed by atoms with Crippen LogP contribution in [0.4, 0.5) is 0 Å². The van der Waals surface area contributed by atoms with E-state index in [1.807, 2.05) is 12.1 Å². The Morgan fingerprint density at radius 1 is 0.923 bits per heavy atom. The minimum atomic E-state index is -0.219. The van der Waals surface area contributed by atoms with E-state index >= 15 is 0 Å². The number of nitrogens with zero attached hydrogens (tertiary/aromatic N) is 2. The van der Waals surface area contributed by atoms with Crippen LogP contribution < -0.4 is 9.47 Å². The van der Waals surface area contributed by atoms with Crippen LogP contribution in [0.3, 0.4) is 0 Å². The fourth-order valence-electron chi connectivity index (χ4n) is 3.63. The van der Waals surface area contributed by atoms with E-state index in [1.54, 1.807) is 38.5 Å². The average Bonchev–Trinajstić information content (AvgIpc) is 2.92. The van der Waals surface area contributed by atoms with Gasteiger partial charge in [-0.15, -0.1) is 0 Å². The molecule has 2 aromatic carbocycles. The van der Waals surface area contributed by atoms with E-state index in [0.717, 1.165) is 24.3 Å². The number of methoxy groups -OCH3 is 2. The van der Waals surface area contributed by atoms with Crippen molar-refractivity contribution in [2.75, 3.05) is 27.4 Å². The Bertz CT molecular complexity index is 858. The summed E-state index contributed by atoms with van der Waals surface area (Å²) in [5.41, 5.74) is 3.31. The van der Waals surface area contributed by atoms with Crippen LogP contribution >= 0.6 is 0 Å². The minimum Gasteiger partial charge on any atom is -0.493 e. The standard InChI is InChI=1S/C20H20N2O4/c1-25-17-9-13-7-8-21(11-14(13)10-18(17)26-2)12-22-19(23)15-5-3-4-6-16(15)20(22)24/h3-6,9-10H,7-8,11-12H2,1-2H3. The first-order valence-electron chi connectivity index (χ1n) is 8.53. The number of ether oxygens (including phenoxy) is 2. The van der Waals surface area contributed by atoms with Gasteiger partial charge in [-0.2, -0.15) is 0 Å². The number of carbonyl (C=O) groups is 2. The highest BCUT2D eigenvalue weighted by atomic mass is 16.5. The Kier molecular flexibility index (Phi) is 4.12. The zero-order chi connectivity index (χ0) is 18.3. The second-order valence-corrected chi connectivity index (χ2v) is 6.50. The van der Waals surface area contributed by atoms with Crippen LogP contribution in [0.15, 0.2) is 36.4 Å². The van der Waals surface area contributed by atoms with Crippen molar-refractivity contribution >= 4 is 11.8 Å². The van der Waals surface area contributed by atoms with Crippen molar-refractivity contribution in [3.63, 3.8) is 0 Å². The Morgan fingerprint density at radius 2 is 1.50 bits per heavy atom. The molecule has 6 heteroatoms. The van der Waals surface area contributed by atoms with Crippen molar-refractivity contribution in [1.29, 1.82) is 0 Å². The molecule has 0 unspecified atom stereocenters. The van der Waals surface area contributed by atoms with Crippen molar-refractivity contribution in [2.24, 2.45) is 0 Å². The summed E-state index contributed by atoms with van der Waals surface area (Å²) < 4.78 is 10.7. The fraction of sp³-hybridized carbons (Fsp3) is 0.300. The van der Waals surface area contributed by atoms with Gasteiger partial charge >= 0.3 is 0 Å². The molecule has 0 saturated heterocycles. The van der Waals surface area contributed by atoms with E-state index in [0.29, 0.717) is 30.1 Å². The lowest BCUT2D eigenvalue weighted by Crippen LogP contribution is -2.43. The van der Waals surface area contributed by atoms with Gasteiger partial charge in [-0.05, 0) is 41.8 Å². The highest BCUT2D eigenvalue weighted by molar-refractivity contribution is 6.21. The number of fused-ring (bicyclic) bond motifs is 2. The SMILES string of the molecule is COc1cc2c(cc1OC)CN(CN1C(=O)c3ccccc3C1=O)CC2. The van der Waals surface area contributed by atoms with E-state index in [1.165, 1.54) is 10.5 Å². The van der Waals surface area contributed by atoms with Crippen LogP contribution in [0.2, 0.25) is 0 Å². The van der Waals surface area contributed by atoms with Gasteiger partial charge in [-0.3, -0.25) is 19.4 Å². The van der Waals surface area contributed by atoms with Gasteiger partial charge in [-0.1, -0.05) is 12.1 Å². The largest absolute Gasteiger partial charge is 0.493 e. The number of hydrogen-bond acceptors (Lipinski definition) is 5. The van der Waals surface area contributed by atoms with Gasteiger partial charge < -0.3 is 9.47 Å². The summed E-state index contributed by atoms with van der Waals surface area (Å²) in [7, 11) is 3.24. The molecule has 0 N–H and O–H groups in total. The quantitative estimate of drug-likeness (QED) is 0.791. The predicted molar refractivity (Wildman–Crippen MR) is 95.5 cm³/mol. The highest BCUT2D eigenvalue weighted by Crippen LogP contribution is 2.33. The van der Waals surface area contributed by atoms with E-state index in [9.17, 15) is 9.59 Å². The van der Waals surface area contributed by atoms with Crippen molar-refractivity contribution in [2.45, 2.75) is 13.0 Å². The zero-order valence-electron chi connectivity index (χ0n) is 14.8. The van der Waals surface area contributed by atoms with Crippen molar-refractivity contribution < 1.29 is 19.1 Å². The third-order valence-electron chi connectivity index (χ3n) is 5.02. The Labute approximate surface area is 151 Å². The number of hydrogen-bond donors (Lipinski definition) is 0. The second-order valence-electron chi connectivity index (χ2n) is 6.50. The topological polar surface area (TPSA) is 59.1 Å². The molecule has 2 aliphatic rings. The third-order valence-corrected chi connectivity index (χ3v) is 5.02. The molecular formula is C20H20N2O4. The van der Waals surface area contributed by atoms with Gasteiger partial charge in [0.05, 0.1) is 32.0 Å². The molecule has 4 rings (SSSR count). The smallest absolute Gasteiger partial charge is 0.262 e. The molecule has 134 valence electrons. The first-order chi connectivity index (χ1) is 12.6. The molecule has 2 aromatic rings. The van der Waals surface area contributed by atoms with Crippen molar-refractivity contribution in [3.8, 4) is 11.5 Å². The molecule has 0 saturated carbocycles. The van der Waals surface area contributed by atoms with Gasteiger partial charge in [0.2, 0.25) is 0 Å². The van der Waals surface area contributed by atoms with Crippen molar-refractivity contribution in [3.05, 3.63) is 58.7 Å². The molecule has 0 aromatic heterocycles. The average molecular weight is 352 g/mol. The monoisotopic (exact) mass is 352 g/mol. The van der Waals surface area contributed by atoms with E-state index < -0.39 is 0 Å². The summed E-state index contributed by atoms with van der Waals surface area (Å²) in [5.74, 6) is 0.973. The van der Waals surface area contributed by atoms with Crippen LogP contribution in [0.1, 0.15) is 31.8 Å². The number of carbonyl (C=O) groups excluding carboxylic acids is 2. The van der Waals surface area contributed by atoms with Crippen LogP contribution in [0.25, 0.3) is 0 Å². The van der Waals surface area contributed by atoms with Crippen LogP contribution in [-0.4, -0.2) is 49.0 Å². The lowest BCUT2D eigenvalue weighted by molar-refractivity contribution is 0.0525.